The van der Waals surface area contributed by atoms with Crippen molar-refractivity contribution >= 4 is 45.2 Å². The van der Waals surface area contributed by atoms with Crippen molar-refractivity contribution < 1.29 is 0 Å². The molecule has 0 saturated heterocycles. The van der Waals surface area contributed by atoms with E-state index in [1.165, 1.54) is 23.9 Å². The summed E-state index contributed by atoms with van der Waals surface area (Å²) in [5, 5.41) is 0. The average Bonchev–Trinajstić information content (AvgIpc) is 2.52. The van der Waals surface area contributed by atoms with Crippen molar-refractivity contribution in [3.63, 3.8) is 0 Å². The van der Waals surface area contributed by atoms with Crippen LogP contribution < -0.4 is 0 Å². The highest BCUT2D eigenvalue weighted by atomic mass is 127. The van der Waals surface area contributed by atoms with Crippen molar-refractivity contribution in [1.29, 1.82) is 0 Å². The van der Waals surface area contributed by atoms with E-state index in [-0.39, 0.29) is 5.41 Å². The Balaban J connectivity index is 2.50. The van der Waals surface area contributed by atoms with Crippen LogP contribution >= 0.6 is 45.2 Å². The van der Waals surface area contributed by atoms with E-state index >= 15 is 0 Å². The quantitative estimate of drug-likeness (QED) is 0.504. The second kappa shape index (κ2) is 5.03. The van der Waals surface area contributed by atoms with E-state index < -0.39 is 0 Å². The summed E-state index contributed by atoms with van der Waals surface area (Å²) in [6.07, 6.45) is 5.60. The van der Waals surface area contributed by atoms with E-state index in [2.05, 4.69) is 96.3 Å². The van der Waals surface area contributed by atoms with Crippen LogP contribution in [0.3, 0.4) is 0 Å². The summed E-state index contributed by atoms with van der Waals surface area (Å²) in [5.74, 6) is 0. The van der Waals surface area contributed by atoms with E-state index in [4.69, 9.17) is 0 Å². The summed E-state index contributed by atoms with van der Waals surface area (Å²) in [6.45, 7) is 6.76. The summed E-state index contributed by atoms with van der Waals surface area (Å²) >= 11 is 4.80. The Kier molecular flexibility index (Phi) is 4.02. The number of rotatable bonds is 1. The molecule has 0 saturated carbocycles. The molecule has 17 heavy (non-hydrogen) atoms. The van der Waals surface area contributed by atoms with Crippen LogP contribution in [-0.2, 0) is 11.8 Å². The maximum absolute atomic E-state index is 2.40. The van der Waals surface area contributed by atoms with Gasteiger partial charge in [-0.15, -0.1) is 0 Å². The minimum Gasteiger partial charge on any atom is -0.0743 e. The maximum atomic E-state index is 2.40. The first-order chi connectivity index (χ1) is 7.95. The number of halogens is 2. The van der Waals surface area contributed by atoms with Crippen molar-refractivity contribution in [2.45, 2.75) is 32.6 Å². The zero-order chi connectivity index (χ0) is 12.6. The van der Waals surface area contributed by atoms with Crippen molar-refractivity contribution in [1.82, 2.24) is 0 Å². The molecule has 1 aromatic carbocycles. The summed E-state index contributed by atoms with van der Waals surface area (Å²) in [7, 11) is 0. The summed E-state index contributed by atoms with van der Waals surface area (Å²) in [5.41, 5.74) is 4.69. The topological polar surface area (TPSA) is 0 Å². The zero-order valence-electron chi connectivity index (χ0n) is 10.3. The van der Waals surface area contributed by atoms with Crippen LogP contribution in [-0.4, -0.2) is 0 Å². The van der Waals surface area contributed by atoms with Gasteiger partial charge in [0, 0.05) is 12.6 Å². The van der Waals surface area contributed by atoms with Crippen molar-refractivity contribution in [2.75, 3.05) is 0 Å². The molecule has 0 atom stereocenters. The van der Waals surface area contributed by atoms with E-state index in [0.29, 0.717) is 0 Å². The van der Waals surface area contributed by atoms with Gasteiger partial charge in [0.2, 0.25) is 0 Å². The normalized spacial score (nSPS) is 20.8. The molecule has 0 heterocycles. The molecule has 0 aliphatic heterocycles. The van der Waals surface area contributed by atoms with Crippen LogP contribution in [0, 0.1) is 3.57 Å². The Labute approximate surface area is 131 Å². The molecule has 90 valence electrons. The Morgan fingerprint density at radius 3 is 2.71 bits per heavy atom. The van der Waals surface area contributed by atoms with E-state index in [1.54, 1.807) is 0 Å². The highest BCUT2D eigenvalue weighted by Gasteiger charge is 2.34. The Morgan fingerprint density at radius 1 is 1.35 bits per heavy atom. The molecule has 2 rings (SSSR count). The molecule has 1 aliphatic carbocycles. The van der Waals surface area contributed by atoms with Crippen molar-refractivity contribution in [3.8, 4) is 0 Å². The lowest BCUT2D eigenvalue weighted by atomic mass is 9.82. The molecule has 0 radical (unpaired) electrons. The smallest absolute Gasteiger partial charge is 0.0133 e. The van der Waals surface area contributed by atoms with E-state index in [9.17, 15) is 0 Å². The number of fused-ring (bicyclic) bond motifs is 1. The molecule has 0 spiro atoms. The van der Waals surface area contributed by atoms with E-state index in [1.807, 2.05) is 0 Å². The first kappa shape index (κ1) is 13.6. The second-order valence-corrected chi connectivity index (χ2v) is 7.44. The Bertz CT molecular complexity index is 508. The predicted molar refractivity (Wildman–Crippen MR) is 91.7 cm³/mol. The van der Waals surface area contributed by atoms with Crippen molar-refractivity contribution in [3.05, 3.63) is 54.2 Å². The summed E-state index contributed by atoms with van der Waals surface area (Å²) in [6, 6.07) is 6.82. The Hall–Kier alpha value is 0.160. The lowest BCUT2D eigenvalue weighted by Gasteiger charge is -2.22. The van der Waals surface area contributed by atoms with Gasteiger partial charge < -0.3 is 0 Å². The van der Waals surface area contributed by atoms with Gasteiger partial charge in [-0.1, -0.05) is 31.6 Å². The molecular weight excluding hydrogens is 434 g/mol. The first-order valence-corrected chi connectivity index (χ1v) is 7.92. The molecular formula is C15H16I2. The first-order valence-electron chi connectivity index (χ1n) is 5.77. The average molecular weight is 450 g/mol. The highest BCUT2D eigenvalue weighted by molar-refractivity contribution is 14.1. The SMILES string of the molecule is C/C=C(I)\C=C1/Cc2ccc(I)cc2C1(C)C. The molecule has 0 fully saturated rings. The van der Waals surface area contributed by atoms with Gasteiger partial charge in [-0.3, -0.25) is 0 Å². The molecule has 0 unspecified atom stereocenters. The van der Waals surface area contributed by atoms with Crippen LogP contribution in [0.15, 0.2) is 39.5 Å². The van der Waals surface area contributed by atoms with Crippen LogP contribution in [0.25, 0.3) is 0 Å². The standard InChI is InChI=1S/C15H16I2/c1-4-12(16)8-11-7-10-5-6-13(17)9-14(10)15(11,2)3/h4-6,8-9H,7H2,1-3H3/b11-8+,12-4+. The molecule has 1 aliphatic rings. The molecule has 2 heteroatoms. The Morgan fingerprint density at radius 2 is 2.06 bits per heavy atom. The minimum atomic E-state index is 0.177. The third kappa shape index (κ3) is 2.62. The molecule has 1 aromatic rings. The fourth-order valence-corrected chi connectivity index (χ4v) is 3.23. The van der Waals surface area contributed by atoms with Gasteiger partial charge in [0.15, 0.2) is 0 Å². The van der Waals surface area contributed by atoms with Gasteiger partial charge in [-0.05, 0) is 87.9 Å². The number of hydrogen-bond donors (Lipinski definition) is 0. The molecule has 0 N–H and O–H groups in total. The maximum Gasteiger partial charge on any atom is 0.0133 e. The van der Waals surface area contributed by atoms with Gasteiger partial charge >= 0.3 is 0 Å². The fraction of sp³-hybridized carbons (Fsp3) is 0.333. The second-order valence-electron chi connectivity index (χ2n) is 4.95. The van der Waals surface area contributed by atoms with Gasteiger partial charge in [0.05, 0.1) is 0 Å². The largest absolute Gasteiger partial charge is 0.0743 e. The van der Waals surface area contributed by atoms with E-state index in [0.717, 1.165) is 6.42 Å². The highest BCUT2D eigenvalue weighted by Crippen LogP contribution is 2.43. The molecule has 0 amide bonds. The van der Waals surface area contributed by atoms with Gasteiger partial charge in [-0.25, -0.2) is 0 Å². The van der Waals surface area contributed by atoms with Crippen LogP contribution in [0.1, 0.15) is 31.9 Å². The summed E-state index contributed by atoms with van der Waals surface area (Å²) in [4.78, 5) is 0. The number of allylic oxidation sites excluding steroid dienone is 4. The van der Waals surface area contributed by atoms with Crippen LogP contribution in [0.5, 0.6) is 0 Å². The predicted octanol–water partition coefficient (Wildman–Crippen LogP) is 5.39. The number of hydrogen-bond acceptors (Lipinski definition) is 0. The van der Waals surface area contributed by atoms with Crippen LogP contribution in [0.4, 0.5) is 0 Å². The van der Waals surface area contributed by atoms with Crippen molar-refractivity contribution in [2.24, 2.45) is 0 Å². The van der Waals surface area contributed by atoms with Crippen LogP contribution in [0.2, 0.25) is 0 Å². The lowest BCUT2D eigenvalue weighted by Crippen LogP contribution is -2.15. The zero-order valence-corrected chi connectivity index (χ0v) is 14.7. The summed E-state index contributed by atoms with van der Waals surface area (Å²) < 4.78 is 2.66. The molecule has 0 aromatic heterocycles. The minimum absolute atomic E-state index is 0.177. The fourth-order valence-electron chi connectivity index (χ4n) is 2.37. The lowest BCUT2D eigenvalue weighted by molar-refractivity contribution is 0.643. The monoisotopic (exact) mass is 450 g/mol. The third-order valence-electron chi connectivity index (χ3n) is 3.52. The third-order valence-corrected chi connectivity index (χ3v) is 5.12. The van der Waals surface area contributed by atoms with Gasteiger partial charge in [0.25, 0.3) is 0 Å². The molecule has 0 nitrogen and oxygen atoms in total. The van der Waals surface area contributed by atoms with Gasteiger partial charge in [-0.2, -0.15) is 0 Å². The molecule has 0 bridgehead atoms. The van der Waals surface area contributed by atoms with Gasteiger partial charge in [0.1, 0.15) is 0 Å². The number of benzene rings is 1.